The number of ether oxygens (including phenoxy) is 1. The van der Waals surface area contributed by atoms with Gasteiger partial charge < -0.3 is 4.74 Å². The van der Waals surface area contributed by atoms with Crippen molar-refractivity contribution in [1.82, 2.24) is 19.5 Å². The van der Waals surface area contributed by atoms with Crippen molar-refractivity contribution in [2.45, 2.75) is 17.6 Å². The molecule has 0 amide bonds. The monoisotopic (exact) mass is 412 g/mol. The van der Waals surface area contributed by atoms with Crippen LogP contribution in [0.3, 0.4) is 0 Å². The molecular weight excluding hydrogens is 397 g/mol. The Morgan fingerprint density at radius 2 is 1.86 bits per heavy atom. The summed E-state index contributed by atoms with van der Waals surface area (Å²) < 4.78 is 70.3. The molecule has 2 aromatic heterocycles. The van der Waals surface area contributed by atoms with Gasteiger partial charge in [-0.15, -0.1) is 0 Å². The first-order valence-electron chi connectivity index (χ1n) is 7.98. The second-order valence-corrected chi connectivity index (χ2v) is 7.42. The van der Waals surface area contributed by atoms with Gasteiger partial charge in [-0.3, -0.25) is 0 Å². The van der Waals surface area contributed by atoms with Gasteiger partial charge in [0.05, 0.1) is 18.1 Å². The summed E-state index contributed by atoms with van der Waals surface area (Å²) in [4.78, 5) is 3.64. The molecule has 0 aliphatic carbocycles. The normalized spacial score (nSPS) is 12.1. The summed E-state index contributed by atoms with van der Waals surface area (Å²) in [6.45, 7) is -1.81. The molecular formula is C17H15F3N4O3S. The van der Waals surface area contributed by atoms with Gasteiger partial charge >= 0.3 is 6.18 Å². The SMILES string of the molecule is O=S(=O)(NCc1cccnc1OCC(F)(F)F)c1cnn(-c2ccccc2)c1. The molecule has 0 aliphatic rings. The Labute approximate surface area is 158 Å². The molecule has 0 aliphatic heterocycles. The summed E-state index contributed by atoms with van der Waals surface area (Å²) in [5.74, 6) is -0.289. The van der Waals surface area contributed by atoms with Crippen LogP contribution in [-0.2, 0) is 16.6 Å². The van der Waals surface area contributed by atoms with Crippen LogP contribution in [0.4, 0.5) is 13.2 Å². The lowest BCUT2D eigenvalue weighted by atomic mass is 10.3. The number of nitrogens with zero attached hydrogens (tertiary/aromatic N) is 3. The predicted octanol–water partition coefficient (Wildman–Crippen LogP) is 2.69. The Balaban J connectivity index is 1.72. The highest BCUT2D eigenvalue weighted by Gasteiger charge is 2.29. The predicted molar refractivity (Wildman–Crippen MR) is 93.4 cm³/mol. The summed E-state index contributed by atoms with van der Waals surface area (Å²) in [5, 5.41) is 4.02. The number of pyridine rings is 1. The van der Waals surface area contributed by atoms with Crippen molar-refractivity contribution in [1.29, 1.82) is 0 Å². The zero-order valence-corrected chi connectivity index (χ0v) is 15.1. The van der Waals surface area contributed by atoms with E-state index >= 15 is 0 Å². The summed E-state index contributed by atoms with van der Waals surface area (Å²) in [6.07, 6.45) is -0.754. The molecule has 0 spiro atoms. The van der Waals surface area contributed by atoms with Crippen LogP contribution in [0.5, 0.6) is 5.88 Å². The number of hydrogen-bond donors (Lipinski definition) is 1. The maximum absolute atomic E-state index is 12.5. The zero-order valence-electron chi connectivity index (χ0n) is 14.3. The molecule has 0 bridgehead atoms. The first-order valence-corrected chi connectivity index (χ1v) is 9.46. The van der Waals surface area contributed by atoms with Crippen molar-refractivity contribution >= 4 is 10.0 Å². The molecule has 0 saturated heterocycles. The number of para-hydroxylation sites is 1. The number of rotatable bonds is 7. The number of aromatic nitrogens is 3. The van der Waals surface area contributed by atoms with Crippen LogP contribution in [0.1, 0.15) is 5.56 Å². The molecule has 28 heavy (non-hydrogen) atoms. The third-order valence-corrected chi connectivity index (χ3v) is 4.92. The minimum atomic E-state index is -4.53. The summed E-state index contributed by atoms with van der Waals surface area (Å²) in [7, 11) is -3.94. The first kappa shape index (κ1) is 19.8. The molecule has 2 heterocycles. The molecule has 148 valence electrons. The molecule has 0 saturated carbocycles. The van der Waals surface area contributed by atoms with Gasteiger partial charge in [-0.2, -0.15) is 18.3 Å². The van der Waals surface area contributed by atoms with Crippen LogP contribution in [0.2, 0.25) is 0 Å². The molecule has 11 heteroatoms. The third-order valence-electron chi connectivity index (χ3n) is 3.57. The molecule has 0 radical (unpaired) electrons. The summed E-state index contributed by atoms with van der Waals surface area (Å²) >= 11 is 0. The van der Waals surface area contributed by atoms with Crippen molar-refractivity contribution in [2.24, 2.45) is 0 Å². The van der Waals surface area contributed by atoms with Crippen LogP contribution in [0, 0.1) is 0 Å². The topological polar surface area (TPSA) is 86.1 Å². The lowest BCUT2D eigenvalue weighted by Gasteiger charge is -2.12. The van der Waals surface area contributed by atoms with E-state index in [1.807, 2.05) is 6.07 Å². The number of alkyl halides is 3. The van der Waals surface area contributed by atoms with E-state index in [9.17, 15) is 21.6 Å². The molecule has 0 fully saturated rings. The Morgan fingerprint density at radius 3 is 2.57 bits per heavy atom. The molecule has 0 atom stereocenters. The molecule has 1 N–H and O–H groups in total. The fourth-order valence-electron chi connectivity index (χ4n) is 2.26. The quantitative estimate of drug-likeness (QED) is 0.645. The van der Waals surface area contributed by atoms with E-state index < -0.39 is 22.8 Å². The standard InChI is InChI=1S/C17H15F3N4O3S/c18-17(19,20)12-27-16-13(5-4-8-21-16)9-23-28(25,26)15-10-22-24(11-15)14-6-2-1-3-7-14/h1-8,10-11,23H,9,12H2. The Bertz CT molecular complexity index is 1040. The highest BCUT2D eigenvalue weighted by Crippen LogP contribution is 2.20. The highest BCUT2D eigenvalue weighted by molar-refractivity contribution is 7.89. The smallest absolute Gasteiger partial charge is 0.422 e. The number of nitrogens with one attached hydrogen (secondary N) is 1. The fraction of sp³-hybridized carbons (Fsp3) is 0.176. The Kier molecular flexibility index (Phi) is 5.66. The van der Waals surface area contributed by atoms with Crippen molar-refractivity contribution in [3.8, 4) is 11.6 Å². The number of benzene rings is 1. The van der Waals surface area contributed by atoms with Gasteiger partial charge in [0.25, 0.3) is 0 Å². The van der Waals surface area contributed by atoms with E-state index in [1.54, 1.807) is 24.3 Å². The lowest BCUT2D eigenvalue weighted by Crippen LogP contribution is -2.24. The molecule has 3 rings (SSSR count). The second-order valence-electron chi connectivity index (χ2n) is 5.65. The fourth-order valence-corrected chi connectivity index (χ4v) is 3.20. The van der Waals surface area contributed by atoms with E-state index in [4.69, 9.17) is 0 Å². The van der Waals surface area contributed by atoms with Crippen LogP contribution in [-0.4, -0.2) is 36.0 Å². The molecule has 1 aromatic carbocycles. The summed E-state index contributed by atoms with van der Waals surface area (Å²) in [6, 6.07) is 11.8. The van der Waals surface area contributed by atoms with Gasteiger partial charge in [0.2, 0.25) is 15.9 Å². The number of hydrogen-bond acceptors (Lipinski definition) is 5. The number of sulfonamides is 1. The van der Waals surface area contributed by atoms with Gasteiger partial charge in [0, 0.05) is 18.3 Å². The molecule has 0 unspecified atom stereocenters. The zero-order chi connectivity index (χ0) is 20.2. The van der Waals surface area contributed by atoms with E-state index in [0.29, 0.717) is 5.69 Å². The minimum absolute atomic E-state index is 0.0852. The van der Waals surface area contributed by atoms with Gasteiger partial charge in [-0.25, -0.2) is 22.8 Å². The van der Waals surface area contributed by atoms with Crippen molar-refractivity contribution < 1.29 is 26.3 Å². The largest absolute Gasteiger partial charge is 0.468 e. The summed E-state index contributed by atoms with van der Waals surface area (Å²) in [5.41, 5.74) is 0.852. The Hall–Kier alpha value is -2.92. The van der Waals surface area contributed by atoms with Gasteiger partial charge in [-0.05, 0) is 18.2 Å². The third kappa shape index (κ3) is 5.08. The van der Waals surface area contributed by atoms with Crippen molar-refractivity contribution in [3.63, 3.8) is 0 Å². The highest BCUT2D eigenvalue weighted by atomic mass is 32.2. The Morgan fingerprint density at radius 1 is 1.11 bits per heavy atom. The van der Waals surface area contributed by atoms with E-state index in [0.717, 1.165) is 0 Å². The van der Waals surface area contributed by atoms with E-state index in [1.165, 1.54) is 35.4 Å². The molecule has 7 nitrogen and oxygen atoms in total. The average molecular weight is 412 g/mol. The van der Waals surface area contributed by atoms with Crippen LogP contribution in [0.25, 0.3) is 5.69 Å². The van der Waals surface area contributed by atoms with Gasteiger partial charge in [0.15, 0.2) is 6.61 Å². The lowest BCUT2D eigenvalue weighted by molar-refractivity contribution is -0.154. The number of halogens is 3. The van der Waals surface area contributed by atoms with Crippen LogP contribution >= 0.6 is 0 Å². The van der Waals surface area contributed by atoms with E-state index in [-0.39, 0.29) is 22.9 Å². The molecule has 3 aromatic rings. The van der Waals surface area contributed by atoms with Gasteiger partial charge in [0.1, 0.15) is 4.90 Å². The first-order chi connectivity index (χ1) is 13.2. The van der Waals surface area contributed by atoms with Crippen molar-refractivity contribution in [2.75, 3.05) is 6.61 Å². The average Bonchev–Trinajstić information content (AvgIpc) is 3.17. The maximum Gasteiger partial charge on any atom is 0.422 e. The second kappa shape index (κ2) is 7.98. The van der Waals surface area contributed by atoms with Crippen molar-refractivity contribution in [3.05, 3.63) is 66.6 Å². The minimum Gasteiger partial charge on any atom is -0.468 e. The van der Waals surface area contributed by atoms with E-state index in [2.05, 4.69) is 19.5 Å². The van der Waals surface area contributed by atoms with Crippen LogP contribution < -0.4 is 9.46 Å². The maximum atomic E-state index is 12.5. The van der Waals surface area contributed by atoms with Crippen LogP contribution in [0.15, 0.2) is 66.0 Å². The van der Waals surface area contributed by atoms with Gasteiger partial charge in [-0.1, -0.05) is 24.3 Å².